The summed E-state index contributed by atoms with van der Waals surface area (Å²) in [4.78, 5) is 0. The van der Waals surface area contributed by atoms with Crippen molar-refractivity contribution < 1.29 is 4.74 Å². The molecule has 2 rings (SSSR count). The van der Waals surface area contributed by atoms with Crippen LogP contribution in [0.2, 0.25) is 0 Å². The van der Waals surface area contributed by atoms with E-state index in [4.69, 9.17) is 4.74 Å². The first-order chi connectivity index (χ1) is 10.1. The summed E-state index contributed by atoms with van der Waals surface area (Å²) in [5, 5.41) is 3.74. The summed E-state index contributed by atoms with van der Waals surface area (Å²) >= 11 is 3.60. The molecule has 21 heavy (non-hydrogen) atoms. The minimum Gasteiger partial charge on any atom is -0.496 e. The Kier molecular flexibility index (Phi) is 6.12. The third-order valence-corrected chi connectivity index (χ3v) is 5.56. The summed E-state index contributed by atoms with van der Waals surface area (Å²) in [5.41, 5.74) is 1.81. The molecule has 0 amide bonds. The molecule has 118 valence electrons. The van der Waals surface area contributed by atoms with Crippen molar-refractivity contribution in [3.8, 4) is 5.75 Å². The van der Waals surface area contributed by atoms with Crippen LogP contribution in [0.15, 0.2) is 22.7 Å². The minimum atomic E-state index is 0.431. The maximum atomic E-state index is 5.33. The van der Waals surface area contributed by atoms with E-state index in [9.17, 15) is 0 Å². The molecule has 0 radical (unpaired) electrons. The lowest BCUT2D eigenvalue weighted by Crippen LogP contribution is -2.46. The molecule has 0 saturated heterocycles. The van der Waals surface area contributed by atoms with E-state index in [0.717, 1.165) is 23.2 Å². The van der Waals surface area contributed by atoms with E-state index in [0.29, 0.717) is 11.5 Å². The maximum absolute atomic E-state index is 5.33. The molecular formula is C18H28BrNO. The van der Waals surface area contributed by atoms with Crippen LogP contribution in [0.1, 0.15) is 51.5 Å². The number of nitrogens with one attached hydrogen (secondary N) is 1. The fraction of sp³-hybridized carbons (Fsp3) is 0.667. The van der Waals surface area contributed by atoms with Gasteiger partial charge in [-0.25, -0.2) is 0 Å². The van der Waals surface area contributed by atoms with Crippen LogP contribution < -0.4 is 10.1 Å². The highest BCUT2D eigenvalue weighted by molar-refractivity contribution is 9.10. The van der Waals surface area contributed by atoms with Crippen molar-refractivity contribution in [3.05, 3.63) is 28.2 Å². The molecule has 0 heterocycles. The van der Waals surface area contributed by atoms with E-state index in [-0.39, 0.29) is 0 Å². The predicted molar refractivity (Wildman–Crippen MR) is 93.1 cm³/mol. The van der Waals surface area contributed by atoms with Crippen molar-refractivity contribution in [2.45, 2.75) is 58.4 Å². The smallest absolute Gasteiger partial charge is 0.133 e. The van der Waals surface area contributed by atoms with Gasteiger partial charge in [-0.1, -0.05) is 39.2 Å². The molecular weight excluding hydrogens is 326 g/mol. The zero-order valence-corrected chi connectivity index (χ0v) is 15.1. The van der Waals surface area contributed by atoms with Gasteiger partial charge in [-0.05, 0) is 64.8 Å². The Morgan fingerprint density at radius 1 is 1.29 bits per heavy atom. The summed E-state index contributed by atoms with van der Waals surface area (Å²) in [6.07, 6.45) is 7.95. The maximum Gasteiger partial charge on any atom is 0.133 e. The van der Waals surface area contributed by atoms with Crippen LogP contribution in [0.4, 0.5) is 0 Å². The van der Waals surface area contributed by atoms with Gasteiger partial charge in [0.05, 0.1) is 11.6 Å². The summed E-state index contributed by atoms with van der Waals surface area (Å²) < 4.78 is 6.37. The highest BCUT2D eigenvalue weighted by Crippen LogP contribution is 2.40. The third-order valence-electron chi connectivity index (χ3n) is 4.94. The van der Waals surface area contributed by atoms with Gasteiger partial charge in [0.15, 0.2) is 0 Å². The van der Waals surface area contributed by atoms with Gasteiger partial charge >= 0.3 is 0 Å². The molecule has 1 fully saturated rings. The van der Waals surface area contributed by atoms with Crippen molar-refractivity contribution >= 4 is 15.9 Å². The van der Waals surface area contributed by atoms with Crippen molar-refractivity contribution in [3.63, 3.8) is 0 Å². The first-order valence-corrected chi connectivity index (χ1v) is 8.94. The topological polar surface area (TPSA) is 21.3 Å². The van der Waals surface area contributed by atoms with Crippen LogP contribution in [0, 0.1) is 5.41 Å². The molecule has 1 aromatic carbocycles. The Hall–Kier alpha value is -0.540. The second-order valence-corrected chi connectivity index (χ2v) is 7.35. The molecule has 0 bridgehead atoms. The van der Waals surface area contributed by atoms with Crippen LogP contribution in [-0.2, 0) is 6.42 Å². The third kappa shape index (κ3) is 4.23. The predicted octanol–water partition coefficient (Wildman–Crippen LogP) is 4.95. The average Bonchev–Trinajstić information content (AvgIpc) is 2.48. The number of hydrogen-bond acceptors (Lipinski definition) is 2. The molecule has 1 saturated carbocycles. The van der Waals surface area contributed by atoms with Gasteiger partial charge in [-0.3, -0.25) is 0 Å². The zero-order valence-electron chi connectivity index (χ0n) is 13.5. The quantitative estimate of drug-likeness (QED) is 0.781. The van der Waals surface area contributed by atoms with Crippen molar-refractivity contribution in [1.29, 1.82) is 0 Å². The fourth-order valence-electron chi connectivity index (χ4n) is 3.59. The monoisotopic (exact) mass is 353 g/mol. The Morgan fingerprint density at radius 3 is 2.57 bits per heavy atom. The molecule has 1 aliphatic carbocycles. The average molecular weight is 354 g/mol. The Morgan fingerprint density at radius 2 is 2.00 bits per heavy atom. The Labute approximate surface area is 137 Å². The van der Waals surface area contributed by atoms with Crippen LogP contribution >= 0.6 is 15.9 Å². The number of likely N-dealkylation sites (N-methyl/N-ethyl adjacent to an activating group) is 1. The molecule has 1 N–H and O–H groups in total. The Balaban J connectivity index is 2.13. The molecule has 1 atom stereocenters. The van der Waals surface area contributed by atoms with Gasteiger partial charge in [0.1, 0.15) is 5.75 Å². The lowest BCUT2D eigenvalue weighted by molar-refractivity contribution is 0.145. The van der Waals surface area contributed by atoms with E-state index in [1.54, 1.807) is 7.11 Å². The first kappa shape index (κ1) is 16.8. The van der Waals surface area contributed by atoms with E-state index in [2.05, 4.69) is 53.3 Å². The second-order valence-electron chi connectivity index (χ2n) is 6.50. The van der Waals surface area contributed by atoms with Gasteiger partial charge in [0.25, 0.3) is 0 Å². The number of halogens is 1. The van der Waals surface area contributed by atoms with Crippen LogP contribution in [0.3, 0.4) is 0 Å². The minimum absolute atomic E-state index is 0.431. The summed E-state index contributed by atoms with van der Waals surface area (Å²) in [6.45, 7) is 5.72. The fourth-order valence-corrected chi connectivity index (χ4v) is 4.18. The zero-order chi connectivity index (χ0) is 15.3. The molecule has 1 aromatic rings. The van der Waals surface area contributed by atoms with Crippen LogP contribution in [0.25, 0.3) is 0 Å². The van der Waals surface area contributed by atoms with E-state index < -0.39 is 0 Å². The van der Waals surface area contributed by atoms with Gasteiger partial charge in [0, 0.05) is 6.04 Å². The lowest BCUT2D eigenvalue weighted by atomic mass is 9.69. The van der Waals surface area contributed by atoms with Crippen LogP contribution in [-0.4, -0.2) is 19.7 Å². The summed E-state index contributed by atoms with van der Waals surface area (Å²) in [7, 11) is 1.71. The molecule has 1 unspecified atom stereocenters. The van der Waals surface area contributed by atoms with Gasteiger partial charge < -0.3 is 10.1 Å². The van der Waals surface area contributed by atoms with E-state index >= 15 is 0 Å². The molecule has 0 aromatic heterocycles. The molecule has 3 heteroatoms. The van der Waals surface area contributed by atoms with Crippen molar-refractivity contribution in [2.75, 3.05) is 13.7 Å². The molecule has 0 aliphatic heterocycles. The normalized spacial score (nSPS) is 19.2. The van der Waals surface area contributed by atoms with Gasteiger partial charge in [-0.2, -0.15) is 0 Å². The molecule has 2 nitrogen and oxygen atoms in total. The van der Waals surface area contributed by atoms with E-state index in [1.807, 2.05) is 0 Å². The lowest BCUT2D eigenvalue weighted by Gasteiger charge is -2.41. The first-order valence-electron chi connectivity index (χ1n) is 8.15. The van der Waals surface area contributed by atoms with E-state index in [1.165, 1.54) is 37.7 Å². The number of rotatable bonds is 6. The Bertz CT molecular complexity index is 455. The highest BCUT2D eigenvalue weighted by Gasteiger charge is 2.34. The van der Waals surface area contributed by atoms with Crippen molar-refractivity contribution in [2.24, 2.45) is 5.41 Å². The number of benzene rings is 1. The van der Waals surface area contributed by atoms with Gasteiger partial charge in [0.2, 0.25) is 0 Å². The molecule has 1 aliphatic rings. The SMILES string of the molecule is CCNC(Cc1ccc(OC)c(Br)c1)C1(C)CCCCC1. The molecule has 0 spiro atoms. The summed E-state index contributed by atoms with van der Waals surface area (Å²) in [5.74, 6) is 0.905. The number of hydrogen-bond donors (Lipinski definition) is 1. The number of ether oxygens (including phenoxy) is 1. The summed E-state index contributed by atoms with van der Waals surface area (Å²) in [6, 6.07) is 7.02. The van der Waals surface area contributed by atoms with Gasteiger partial charge in [-0.15, -0.1) is 0 Å². The highest BCUT2D eigenvalue weighted by atomic mass is 79.9. The van der Waals surface area contributed by atoms with Crippen molar-refractivity contribution in [1.82, 2.24) is 5.32 Å². The number of methoxy groups -OCH3 is 1. The van der Waals surface area contributed by atoms with Crippen LogP contribution in [0.5, 0.6) is 5.75 Å². The second kappa shape index (κ2) is 7.64. The largest absolute Gasteiger partial charge is 0.496 e. The standard InChI is InChI=1S/C18H28BrNO/c1-4-20-17(18(2)10-6-5-7-11-18)13-14-8-9-16(21-3)15(19)12-14/h8-9,12,17,20H,4-7,10-11,13H2,1-3H3.